The molecule has 0 unspecified atom stereocenters. The van der Waals surface area contributed by atoms with Crippen molar-refractivity contribution in [3.05, 3.63) is 18.2 Å². The Labute approximate surface area is 137 Å². The minimum Gasteiger partial charge on any atom is -0.497 e. The summed E-state index contributed by atoms with van der Waals surface area (Å²) in [5, 5.41) is 6.70. The van der Waals surface area contributed by atoms with Gasteiger partial charge < -0.3 is 25.0 Å². The predicted octanol–water partition coefficient (Wildman–Crippen LogP) is 1.33. The van der Waals surface area contributed by atoms with Crippen molar-refractivity contribution in [3.63, 3.8) is 0 Å². The summed E-state index contributed by atoms with van der Waals surface area (Å²) < 4.78 is 10.6. The minimum atomic E-state index is 0.196. The molecule has 2 aliphatic rings. The SMILES string of the molecule is COc1cc(NC2CCN(C(=O)C3CNC3)CC2)cc(OC)c1. The van der Waals surface area contributed by atoms with Gasteiger partial charge in [-0.15, -0.1) is 0 Å². The van der Waals surface area contributed by atoms with Gasteiger partial charge >= 0.3 is 0 Å². The maximum Gasteiger partial charge on any atom is 0.228 e. The number of amides is 1. The number of anilines is 1. The number of carbonyl (C=O) groups is 1. The fourth-order valence-corrected chi connectivity index (χ4v) is 3.09. The number of piperidine rings is 1. The summed E-state index contributed by atoms with van der Waals surface area (Å²) >= 11 is 0. The molecule has 2 saturated heterocycles. The monoisotopic (exact) mass is 319 g/mol. The third-order valence-corrected chi connectivity index (χ3v) is 4.66. The van der Waals surface area contributed by atoms with Crippen LogP contribution in [-0.2, 0) is 4.79 Å². The lowest BCUT2D eigenvalue weighted by Crippen LogP contribution is -2.54. The Morgan fingerprint density at radius 1 is 1.13 bits per heavy atom. The summed E-state index contributed by atoms with van der Waals surface area (Å²) in [5.41, 5.74) is 0.995. The van der Waals surface area contributed by atoms with Crippen molar-refractivity contribution in [1.82, 2.24) is 10.2 Å². The molecule has 0 bridgehead atoms. The molecule has 2 fully saturated rings. The molecule has 1 aromatic carbocycles. The average Bonchev–Trinajstić information content (AvgIpc) is 2.53. The highest BCUT2D eigenvalue weighted by atomic mass is 16.5. The second-order valence-electron chi connectivity index (χ2n) is 6.20. The van der Waals surface area contributed by atoms with Crippen molar-refractivity contribution in [2.45, 2.75) is 18.9 Å². The molecule has 2 heterocycles. The van der Waals surface area contributed by atoms with E-state index in [4.69, 9.17) is 9.47 Å². The summed E-state index contributed by atoms with van der Waals surface area (Å²) in [4.78, 5) is 14.3. The molecular weight excluding hydrogens is 294 g/mol. The van der Waals surface area contributed by atoms with E-state index in [2.05, 4.69) is 10.6 Å². The first-order chi connectivity index (χ1) is 11.2. The standard InChI is InChI=1S/C17H25N3O3/c1-22-15-7-14(8-16(9-15)23-2)19-13-3-5-20(6-4-13)17(21)12-10-18-11-12/h7-9,12-13,18-19H,3-6,10-11H2,1-2H3. The van der Waals surface area contributed by atoms with E-state index >= 15 is 0 Å². The average molecular weight is 319 g/mol. The van der Waals surface area contributed by atoms with Gasteiger partial charge in [-0.2, -0.15) is 0 Å². The number of rotatable bonds is 5. The topological polar surface area (TPSA) is 62.8 Å². The fourth-order valence-electron chi connectivity index (χ4n) is 3.09. The van der Waals surface area contributed by atoms with Crippen LogP contribution in [0.5, 0.6) is 11.5 Å². The zero-order chi connectivity index (χ0) is 16.2. The van der Waals surface area contributed by atoms with E-state index in [1.165, 1.54) is 0 Å². The molecule has 0 atom stereocenters. The van der Waals surface area contributed by atoms with Crippen molar-refractivity contribution in [2.24, 2.45) is 5.92 Å². The Morgan fingerprint density at radius 3 is 2.22 bits per heavy atom. The number of methoxy groups -OCH3 is 2. The van der Waals surface area contributed by atoms with E-state index < -0.39 is 0 Å². The lowest BCUT2D eigenvalue weighted by molar-refractivity contribution is -0.138. The number of hydrogen-bond acceptors (Lipinski definition) is 5. The molecule has 0 aliphatic carbocycles. The van der Waals surface area contributed by atoms with Crippen LogP contribution in [-0.4, -0.2) is 57.2 Å². The van der Waals surface area contributed by atoms with Gasteiger partial charge in [0.1, 0.15) is 11.5 Å². The third kappa shape index (κ3) is 3.69. The van der Waals surface area contributed by atoms with E-state index in [0.717, 1.165) is 56.2 Å². The molecule has 6 nitrogen and oxygen atoms in total. The summed E-state index contributed by atoms with van der Waals surface area (Å²) in [6.07, 6.45) is 1.93. The maximum absolute atomic E-state index is 12.2. The van der Waals surface area contributed by atoms with Crippen molar-refractivity contribution in [3.8, 4) is 11.5 Å². The molecule has 1 aromatic rings. The van der Waals surface area contributed by atoms with Crippen molar-refractivity contribution < 1.29 is 14.3 Å². The zero-order valence-electron chi connectivity index (χ0n) is 13.8. The van der Waals surface area contributed by atoms with E-state index in [0.29, 0.717) is 11.9 Å². The van der Waals surface area contributed by atoms with Crippen molar-refractivity contribution in [1.29, 1.82) is 0 Å². The van der Waals surface area contributed by atoms with Gasteiger partial charge in [-0.1, -0.05) is 0 Å². The summed E-state index contributed by atoms with van der Waals surface area (Å²) in [7, 11) is 3.30. The van der Waals surface area contributed by atoms with Crippen LogP contribution in [0.2, 0.25) is 0 Å². The fraction of sp³-hybridized carbons (Fsp3) is 0.588. The Kier molecular flexibility index (Phi) is 4.91. The Bertz CT molecular complexity index is 530. The van der Waals surface area contributed by atoms with Gasteiger partial charge in [-0.3, -0.25) is 4.79 Å². The lowest BCUT2D eigenvalue weighted by Gasteiger charge is -2.37. The number of likely N-dealkylation sites (tertiary alicyclic amines) is 1. The summed E-state index contributed by atoms with van der Waals surface area (Å²) in [5.74, 6) is 2.06. The molecule has 1 amide bonds. The molecule has 0 aromatic heterocycles. The maximum atomic E-state index is 12.2. The molecular formula is C17H25N3O3. The molecule has 126 valence electrons. The molecule has 2 aliphatic heterocycles. The highest BCUT2D eigenvalue weighted by molar-refractivity contribution is 5.80. The molecule has 0 radical (unpaired) electrons. The van der Waals surface area contributed by atoms with Gasteiger partial charge in [0, 0.05) is 56.1 Å². The molecule has 3 rings (SSSR count). The molecule has 6 heteroatoms. The number of nitrogens with one attached hydrogen (secondary N) is 2. The van der Waals surface area contributed by atoms with Crippen molar-refractivity contribution >= 4 is 11.6 Å². The first-order valence-corrected chi connectivity index (χ1v) is 8.18. The summed E-state index contributed by atoms with van der Waals surface area (Å²) in [6.45, 7) is 3.32. The van der Waals surface area contributed by atoms with Crippen molar-refractivity contribution in [2.75, 3.05) is 45.7 Å². The Balaban J connectivity index is 1.55. The first-order valence-electron chi connectivity index (χ1n) is 8.18. The highest BCUT2D eigenvalue weighted by Gasteiger charge is 2.31. The van der Waals surface area contributed by atoms with Crippen LogP contribution in [0, 0.1) is 5.92 Å². The van der Waals surface area contributed by atoms with Crippen LogP contribution in [0.4, 0.5) is 5.69 Å². The lowest BCUT2D eigenvalue weighted by atomic mass is 9.98. The second kappa shape index (κ2) is 7.08. The Morgan fingerprint density at radius 2 is 1.74 bits per heavy atom. The Hall–Kier alpha value is -1.95. The third-order valence-electron chi connectivity index (χ3n) is 4.66. The van der Waals surface area contributed by atoms with E-state index in [1.54, 1.807) is 14.2 Å². The second-order valence-corrected chi connectivity index (χ2v) is 6.20. The number of nitrogens with zero attached hydrogens (tertiary/aromatic N) is 1. The van der Waals surface area contributed by atoms with E-state index in [9.17, 15) is 4.79 Å². The van der Waals surface area contributed by atoms with Gasteiger partial charge in [0.25, 0.3) is 0 Å². The van der Waals surface area contributed by atoms with Gasteiger partial charge in [0.2, 0.25) is 5.91 Å². The molecule has 23 heavy (non-hydrogen) atoms. The largest absolute Gasteiger partial charge is 0.497 e. The number of benzene rings is 1. The predicted molar refractivity (Wildman–Crippen MR) is 89.1 cm³/mol. The van der Waals surface area contributed by atoms with Crippen LogP contribution < -0.4 is 20.1 Å². The normalized spacial score (nSPS) is 19.1. The highest BCUT2D eigenvalue weighted by Crippen LogP contribution is 2.27. The van der Waals surface area contributed by atoms with Gasteiger partial charge in [0.15, 0.2) is 0 Å². The van der Waals surface area contributed by atoms with Gasteiger partial charge in [0.05, 0.1) is 20.1 Å². The molecule has 0 spiro atoms. The van der Waals surface area contributed by atoms with Gasteiger partial charge in [-0.05, 0) is 12.8 Å². The number of carbonyl (C=O) groups excluding carboxylic acids is 1. The van der Waals surface area contributed by atoms with Crippen LogP contribution >= 0.6 is 0 Å². The molecule has 2 N–H and O–H groups in total. The number of hydrogen-bond donors (Lipinski definition) is 2. The smallest absolute Gasteiger partial charge is 0.228 e. The quantitative estimate of drug-likeness (QED) is 0.857. The van der Waals surface area contributed by atoms with Crippen LogP contribution in [0.3, 0.4) is 0 Å². The van der Waals surface area contributed by atoms with Crippen LogP contribution in [0.15, 0.2) is 18.2 Å². The van der Waals surface area contributed by atoms with Crippen LogP contribution in [0.1, 0.15) is 12.8 Å². The van der Waals surface area contributed by atoms with E-state index in [1.807, 2.05) is 23.1 Å². The minimum absolute atomic E-state index is 0.196. The first kappa shape index (κ1) is 15.9. The van der Waals surface area contributed by atoms with E-state index in [-0.39, 0.29) is 5.92 Å². The summed E-state index contributed by atoms with van der Waals surface area (Å²) in [6, 6.07) is 6.18. The van der Waals surface area contributed by atoms with Gasteiger partial charge in [-0.25, -0.2) is 0 Å². The van der Waals surface area contributed by atoms with Crippen LogP contribution in [0.25, 0.3) is 0 Å². The number of ether oxygens (including phenoxy) is 2. The zero-order valence-corrected chi connectivity index (χ0v) is 13.8. The molecule has 0 saturated carbocycles.